The molecule has 3 nitrogen and oxygen atoms in total. The molecule has 0 amide bonds. The summed E-state index contributed by atoms with van der Waals surface area (Å²) in [5.74, 6) is -0.0417. The third kappa shape index (κ3) is 1.59. The Morgan fingerprint density at radius 2 is 1.57 bits per heavy atom. The molecule has 0 aromatic heterocycles. The van der Waals surface area contributed by atoms with Gasteiger partial charge in [-0.15, -0.1) is 0 Å². The summed E-state index contributed by atoms with van der Waals surface area (Å²) in [6.45, 7) is 5.15. The summed E-state index contributed by atoms with van der Waals surface area (Å²) in [6, 6.07) is 0. The van der Waals surface area contributed by atoms with Crippen LogP contribution in [0.5, 0.6) is 0 Å². The van der Waals surface area contributed by atoms with Gasteiger partial charge in [-0.1, -0.05) is 6.92 Å². The molecule has 0 bridgehead atoms. The van der Waals surface area contributed by atoms with Crippen LogP contribution in [0.3, 0.4) is 0 Å². The molecule has 1 saturated carbocycles. The van der Waals surface area contributed by atoms with Gasteiger partial charge in [-0.05, 0) is 19.8 Å². The van der Waals surface area contributed by atoms with Crippen LogP contribution in [0, 0.1) is 5.41 Å². The molecule has 0 radical (unpaired) electrons. The summed E-state index contributed by atoms with van der Waals surface area (Å²) in [6.07, 6.45) is 3.51. The quantitative estimate of drug-likeness (QED) is 0.645. The Labute approximate surface area is 84.8 Å². The van der Waals surface area contributed by atoms with Gasteiger partial charge in [0.25, 0.3) is 0 Å². The van der Waals surface area contributed by atoms with E-state index < -0.39 is 0 Å². The molecule has 0 N–H and O–H groups in total. The first-order valence-corrected chi connectivity index (χ1v) is 5.35. The zero-order valence-corrected chi connectivity index (χ0v) is 8.97. The summed E-state index contributed by atoms with van der Waals surface area (Å²) in [7, 11) is 0. The molecule has 3 heteroatoms. The number of ether oxygens (including phenoxy) is 2. The molecule has 2 fully saturated rings. The van der Waals surface area contributed by atoms with Crippen LogP contribution in [-0.2, 0) is 14.3 Å². The molecule has 1 saturated heterocycles. The molecular weight excluding hydrogens is 180 g/mol. The topological polar surface area (TPSA) is 35.5 Å². The van der Waals surface area contributed by atoms with Crippen molar-refractivity contribution in [2.75, 3.05) is 13.2 Å². The summed E-state index contributed by atoms with van der Waals surface area (Å²) in [5.41, 5.74) is -0.138. The molecule has 1 spiro atoms. The molecule has 1 aliphatic carbocycles. The number of ketones is 1. The molecule has 80 valence electrons. The molecule has 2 rings (SSSR count). The second-order valence-corrected chi connectivity index (χ2v) is 4.72. The van der Waals surface area contributed by atoms with E-state index >= 15 is 0 Å². The summed E-state index contributed by atoms with van der Waals surface area (Å²) in [5, 5.41) is 0. The first-order valence-electron chi connectivity index (χ1n) is 5.35. The van der Waals surface area contributed by atoms with Gasteiger partial charge in [-0.3, -0.25) is 4.79 Å². The summed E-state index contributed by atoms with van der Waals surface area (Å²) in [4.78, 5) is 11.4. The average Bonchev–Trinajstić information content (AvgIpc) is 2.60. The minimum Gasteiger partial charge on any atom is -0.348 e. The van der Waals surface area contributed by atoms with Gasteiger partial charge < -0.3 is 9.47 Å². The zero-order chi connectivity index (χ0) is 10.2. The van der Waals surface area contributed by atoms with Crippen LogP contribution in [-0.4, -0.2) is 24.8 Å². The van der Waals surface area contributed by atoms with Crippen molar-refractivity contribution in [3.8, 4) is 0 Å². The van der Waals surface area contributed by atoms with E-state index in [1.165, 1.54) is 0 Å². The summed E-state index contributed by atoms with van der Waals surface area (Å²) < 4.78 is 11.2. The van der Waals surface area contributed by atoms with E-state index in [2.05, 4.69) is 6.92 Å². The third-order valence-corrected chi connectivity index (χ3v) is 3.78. The van der Waals surface area contributed by atoms with Crippen molar-refractivity contribution in [2.45, 2.75) is 45.3 Å². The number of rotatable bonds is 1. The van der Waals surface area contributed by atoms with Gasteiger partial charge in [0.2, 0.25) is 0 Å². The molecule has 2 aliphatic rings. The Bertz CT molecular complexity index is 231. The zero-order valence-electron chi connectivity index (χ0n) is 8.97. The number of carbonyl (C=O) groups is 1. The highest BCUT2D eigenvalue weighted by atomic mass is 16.7. The predicted molar refractivity (Wildman–Crippen MR) is 51.9 cm³/mol. The van der Waals surface area contributed by atoms with E-state index in [4.69, 9.17) is 9.47 Å². The maximum atomic E-state index is 11.4. The second-order valence-electron chi connectivity index (χ2n) is 4.72. The van der Waals surface area contributed by atoms with Gasteiger partial charge in [0.1, 0.15) is 5.78 Å². The van der Waals surface area contributed by atoms with Crippen LogP contribution in [0.2, 0.25) is 0 Å². The second kappa shape index (κ2) is 3.31. The van der Waals surface area contributed by atoms with Gasteiger partial charge in [-0.25, -0.2) is 0 Å². The van der Waals surface area contributed by atoms with Crippen molar-refractivity contribution >= 4 is 5.78 Å². The van der Waals surface area contributed by atoms with Crippen molar-refractivity contribution in [1.29, 1.82) is 0 Å². The highest BCUT2D eigenvalue weighted by molar-refractivity contribution is 5.82. The van der Waals surface area contributed by atoms with Crippen molar-refractivity contribution in [1.82, 2.24) is 0 Å². The SMILES string of the molecule is CC(=O)C1(C)CCC2(CC1)OCCO2. The number of Topliss-reactive ketones (excluding diaryl/α,β-unsaturated/α-hetero) is 1. The monoisotopic (exact) mass is 198 g/mol. The van der Waals surface area contributed by atoms with Gasteiger partial charge in [-0.2, -0.15) is 0 Å². The Morgan fingerprint density at radius 1 is 1.07 bits per heavy atom. The largest absolute Gasteiger partial charge is 0.348 e. The fraction of sp³-hybridized carbons (Fsp3) is 0.909. The van der Waals surface area contributed by atoms with Crippen LogP contribution < -0.4 is 0 Å². The minimum absolute atomic E-state index is 0.138. The maximum absolute atomic E-state index is 11.4. The van der Waals surface area contributed by atoms with Crippen LogP contribution >= 0.6 is 0 Å². The lowest BCUT2D eigenvalue weighted by Gasteiger charge is -2.40. The molecule has 0 unspecified atom stereocenters. The first-order chi connectivity index (χ1) is 6.56. The molecule has 0 atom stereocenters. The molecule has 0 aromatic carbocycles. The molecule has 14 heavy (non-hydrogen) atoms. The van der Waals surface area contributed by atoms with Gasteiger partial charge in [0.15, 0.2) is 5.79 Å². The standard InChI is InChI=1S/C11H18O3/c1-9(12)10(2)3-5-11(6-4-10)13-7-8-14-11/h3-8H2,1-2H3. The fourth-order valence-electron chi connectivity index (χ4n) is 2.32. The Kier molecular flexibility index (Phi) is 2.40. The van der Waals surface area contributed by atoms with Gasteiger partial charge in [0.05, 0.1) is 13.2 Å². The van der Waals surface area contributed by atoms with Crippen molar-refractivity contribution in [2.24, 2.45) is 5.41 Å². The van der Waals surface area contributed by atoms with E-state index in [1.54, 1.807) is 6.92 Å². The smallest absolute Gasteiger partial charge is 0.168 e. The van der Waals surface area contributed by atoms with E-state index in [1.807, 2.05) is 0 Å². The van der Waals surface area contributed by atoms with Crippen molar-refractivity contribution in [3.05, 3.63) is 0 Å². The van der Waals surface area contributed by atoms with Gasteiger partial charge in [0, 0.05) is 18.3 Å². The molecule has 0 aromatic rings. The van der Waals surface area contributed by atoms with E-state index in [0.29, 0.717) is 19.0 Å². The predicted octanol–water partition coefficient (Wildman–Crippen LogP) is 1.90. The average molecular weight is 198 g/mol. The van der Waals surface area contributed by atoms with Crippen LogP contribution in [0.1, 0.15) is 39.5 Å². The molecule has 1 heterocycles. The number of hydrogen-bond acceptors (Lipinski definition) is 3. The normalized spacial score (nSPS) is 29.3. The highest BCUT2D eigenvalue weighted by Crippen LogP contribution is 2.44. The lowest BCUT2D eigenvalue weighted by molar-refractivity contribution is -0.190. The van der Waals surface area contributed by atoms with E-state index in [9.17, 15) is 4.79 Å². The van der Waals surface area contributed by atoms with Crippen LogP contribution in [0.15, 0.2) is 0 Å². The van der Waals surface area contributed by atoms with E-state index in [-0.39, 0.29) is 11.2 Å². The van der Waals surface area contributed by atoms with E-state index in [0.717, 1.165) is 25.7 Å². The number of carbonyl (C=O) groups excluding carboxylic acids is 1. The number of hydrogen-bond donors (Lipinski definition) is 0. The fourth-order valence-corrected chi connectivity index (χ4v) is 2.32. The lowest BCUT2D eigenvalue weighted by atomic mass is 9.71. The lowest BCUT2D eigenvalue weighted by Crippen LogP contribution is -2.41. The van der Waals surface area contributed by atoms with Crippen LogP contribution in [0.4, 0.5) is 0 Å². The summed E-state index contributed by atoms with van der Waals surface area (Å²) >= 11 is 0. The minimum atomic E-state index is -0.338. The highest BCUT2D eigenvalue weighted by Gasteiger charge is 2.45. The molecular formula is C11H18O3. The van der Waals surface area contributed by atoms with Gasteiger partial charge >= 0.3 is 0 Å². The van der Waals surface area contributed by atoms with Crippen LogP contribution in [0.25, 0.3) is 0 Å². The van der Waals surface area contributed by atoms with Crippen molar-refractivity contribution < 1.29 is 14.3 Å². The Balaban J connectivity index is 2.01. The third-order valence-electron chi connectivity index (χ3n) is 3.78. The maximum Gasteiger partial charge on any atom is 0.168 e. The Morgan fingerprint density at radius 3 is 2.00 bits per heavy atom. The first kappa shape index (κ1) is 10.1. The molecule has 1 aliphatic heterocycles. The Hall–Kier alpha value is -0.410. The van der Waals surface area contributed by atoms with Crippen molar-refractivity contribution in [3.63, 3.8) is 0 Å².